The molecule has 0 bridgehead atoms. The number of amidine groups is 1. The molecule has 17 heavy (non-hydrogen) atoms. The van der Waals surface area contributed by atoms with Crippen LogP contribution in [0.15, 0.2) is 45.8 Å². The van der Waals surface area contributed by atoms with E-state index in [1.807, 2.05) is 25.1 Å². The third-order valence-electron chi connectivity index (χ3n) is 2.20. The molecule has 2 rings (SSSR count). The Morgan fingerprint density at radius 2 is 2.35 bits per heavy atom. The van der Waals surface area contributed by atoms with Crippen molar-refractivity contribution < 1.29 is 5.21 Å². The highest BCUT2D eigenvalue weighted by molar-refractivity contribution is 7.99. The summed E-state index contributed by atoms with van der Waals surface area (Å²) in [6, 6.07) is 5.77. The molecule has 6 heteroatoms. The molecule has 2 aromatic rings. The lowest BCUT2D eigenvalue weighted by Gasteiger charge is -2.07. The Hall–Kier alpha value is -1.95. The quantitative estimate of drug-likeness (QED) is 0.335. The van der Waals surface area contributed by atoms with Crippen molar-refractivity contribution >= 4 is 17.6 Å². The first-order valence-corrected chi connectivity index (χ1v) is 5.78. The lowest BCUT2D eigenvalue weighted by atomic mass is 10.1. The number of oxime groups is 1. The van der Waals surface area contributed by atoms with E-state index in [2.05, 4.69) is 15.1 Å². The largest absolute Gasteiger partial charge is 0.409 e. The number of rotatable bonds is 3. The lowest BCUT2D eigenvalue weighted by molar-refractivity contribution is 0.318. The van der Waals surface area contributed by atoms with Crippen molar-refractivity contribution in [3.05, 3.63) is 41.7 Å². The van der Waals surface area contributed by atoms with E-state index in [9.17, 15) is 0 Å². The van der Waals surface area contributed by atoms with Gasteiger partial charge < -0.3 is 15.9 Å². The Morgan fingerprint density at radius 3 is 3.00 bits per heavy atom. The van der Waals surface area contributed by atoms with Gasteiger partial charge in [-0.3, -0.25) is 0 Å². The van der Waals surface area contributed by atoms with Gasteiger partial charge >= 0.3 is 0 Å². The minimum atomic E-state index is 0.0998. The smallest absolute Gasteiger partial charge is 0.171 e. The van der Waals surface area contributed by atoms with E-state index < -0.39 is 0 Å². The number of nitrogens with two attached hydrogens (primary N) is 1. The number of aromatic amines is 1. The maximum Gasteiger partial charge on any atom is 0.171 e. The van der Waals surface area contributed by atoms with Crippen LogP contribution in [0.1, 0.15) is 11.1 Å². The van der Waals surface area contributed by atoms with Gasteiger partial charge in [-0.2, -0.15) is 0 Å². The number of nitrogens with one attached hydrogen (secondary N) is 1. The van der Waals surface area contributed by atoms with Crippen molar-refractivity contribution in [3.63, 3.8) is 0 Å². The number of benzene rings is 1. The van der Waals surface area contributed by atoms with Crippen molar-refractivity contribution in [3.8, 4) is 0 Å². The maximum absolute atomic E-state index is 8.76. The molecular weight excluding hydrogens is 236 g/mol. The second kappa shape index (κ2) is 4.92. The highest BCUT2D eigenvalue weighted by atomic mass is 32.2. The Balaban J connectivity index is 2.39. The summed E-state index contributed by atoms with van der Waals surface area (Å²) in [6.07, 6.45) is 3.43. The summed E-state index contributed by atoms with van der Waals surface area (Å²) in [7, 11) is 0. The van der Waals surface area contributed by atoms with Crippen LogP contribution in [0.5, 0.6) is 0 Å². The zero-order chi connectivity index (χ0) is 12.3. The molecule has 0 spiro atoms. The number of nitrogens with zero attached hydrogens (tertiary/aromatic N) is 2. The molecule has 0 fully saturated rings. The lowest BCUT2D eigenvalue weighted by Crippen LogP contribution is -2.14. The van der Waals surface area contributed by atoms with Gasteiger partial charge in [0.1, 0.15) is 0 Å². The molecule has 0 atom stereocenters. The van der Waals surface area contributed by atoms with Crippen LogP contribution in [0.25, 0.3) is 0 Å². The van der Waals surface area contributed by atoms with Crippen LogP contribution in [0.3, 0.4) is 0 Å². The topological polar surface area (TPSA) is 87.3 Å². The van der Waals surface area contributed by atoms with Crippen molar-refractivity contribution in [1.82, 2.24) is 9.97 Å². The van der Waals surface area contributed by atoms with Crippen molar-refractivity contribution in [2.75, 3.05) is 0 Å². The standard InChI is InChI=1S/C11H12N4OS/c1-7-2-3-9(8(6-7)10(12)15-16)17-11-13-4-5-14-11/h2-6,16H,1H3,(H2,12,15)(H,13,14). The first-order valence-electron chi connectivity index (χ1n) is 4.96. The fourth-order valence-corrected chi connectivity index (χ4v) is 2.26. The number of hydrogen-bond acceptors (Lipinski definition) is 4. The molecule has 0 saturated carbocycles. The van der Waals surface area contributed by atoms with Crippen LogP contribution in [0.4, 0.5) is 0 Å². The summed E-state index contributed by atoms with van der Waals surface area (Å²) < 4.78 is 0. The average Bonchev–Trinajstić information content (AvgIpc) is 2.83. The predicted octanol–water partition coefficient (Wildman–Crippen LogP) is 1.96. The van der Waals surface area contributed by atoms with Gasteiger partial charge in [0.05, 0.1) is 0 Å². The Bertz CT molecular complexity index is 536. The van der Waals surface area contributed by atoms with Gasteiger partial charge in [-0.05, 0) is 19.1 Å². The van der Waals surface area contributed by atoms with Gasteiger partial charge in [0.25, 0.3) is 0 Å². The molecule has 1 aromatic carbocycles. The summed E-state index contributed by atoms with van der Waals surface area (Å²) in [5, 5.41) is 12.6. The van der Waals surface area contributed by atoms with Crippen molar-refractivity contribution in [2.24, 2.45) is 10.9 Å². The zero-order valence-electron chi connectivity index (χ0n) is 9.21. The second-order valence-electron chi connectivity index (χ2n) is 3.48. The molecule has 0 saturated heterocycles. The third-order valence-corrected chi connectivity index (χ3v) is 3.19. The highest BCUT2D eigenvalue weighted by Crippen LogP contribution is 2.28. The van der Waals surface area contributed by atoms with Crippen molar-refractivity contribution in [1.29, 1.82) is 0 Å². The molecule has 0 aliphatic heterocycles. The van der Waals surface area contributed by atoms with Crippen LogP contribution in [-0.4, -0.2) is 21.0 Å². The van der Waals surface area contributed by atoms with Crippen LogP contribution in [0, 0.1) is 6.92 Å². The van der Waals surface area contributed by atoms with E-state index >= 15 is 0 Å². The van der Waals surface area contributed by atoms with Gasteiger partial charge in [0.15, 0.2) is 11.0 Å². The fraction of sp³-hybridized carbons (Fsp3) is 0.0909. The predicted molar refractivity (Wildman–Crippen MR) is 66.4 cm³/mol. The van der Waals surface area contributed by atoms with E-state index in [0.29, 0.717) is 5.56 Å². The molecule has 0 aliphatic carbocycles. The van der Waals surface area contributed by atoms with Gasteiger partial charge in [-0.1, -0.05) is 28.5 Å². The summed E-state index contributed by atoms with van der Waals surface area (Å²) >= 11 is 1.43. The molecule has 1 heterocycles. The Morgan fingerprint density at radius 1 is 1.53 bits per heavy atom. The second-order valence-corrected chi connectivity index (χ2v) is 4.51. The molecule has 0 unspecified atom stereocenters. The minimum absolute atomic E-state index is 0.0998. The number of aromatic nitrogens is 2. The monoisotopic (exact) mass is 248 g/mol. The summed E-state index contributed by atoms with van der Waals surface area (Å²) in [6.45, 7) is 1.95. The Kier molecular flexibility index (Phi) is 3.34. The van der Waals surface area contributed by atoms with Crippen LogP contribution < -0.4 is 5.73 Å². The van der Waals surface area contributed by atoms with Crippen LogP contribution in [0.2, 0.25) is 0 Å². The molecule has 1 aromatic heterocycles. The molecular formula is C11H12N4OS. The molecule has 5 nitrogen and oxygen atoms in total. The summed E-state index contributed by atoms with van der Waals surface area (Å²) in [5.74, 6) is 0.0998. The van der Waals surface area contributed by atoms with E-state index in [1.165, 1.54) is 11.8 Å². The van der Waals surface area contributed by atoms with Crippen molar-refractivity contribution in [2.45, 2.75) is 17.0 Å². The molecule has 0 radical (unpaired) electrons. The third kappa shape index (κ3) is 2.59. The van der Waals surface area contributed by atoms with Gasteiger partial charge in [0, 0.05) is 22.9 Å². The number of H-pyrrole nitrogens is 1. The molecule has 0 amide bonds. The first kappa shape index (κ1) is 11.5. The number of aryl methyl sites for hydroxylation is 1. The summed E-state index contributed by atoms with van der Waals surface area (Å²) in [5.41, 5.74) is 7.40. The zero-order valence-corrected chi connectivity index (χ0v) is 10.0. The molecule has 4 N–H and O–H groups in total. The van der Waals surface area contributed by atoms with E-state index in [4.69, 9.17) is 10.9 Å². The normalized spacial score (nSPS) is 11.7. The van der Waals surface area contributed by atoms with Crippen LogP contribution in [-0.2, 0) is 0 Å². The maximum atomic E-state index is 8.76. The number of imidazole rings is 1. The van der Waals surface area contributed by atoms with E-state index in [-0.39, 0.29) is 5.84 Å². The van der Waals surface area contributed by atoms with Crippen LogP contribution >= 0.6 is 11.8 Å². The van der Waals surface area contributed by atoms with E-state index in [1.54, 1.807) is 12.4 Å². The number of hydrogen-bond donors (Lipinski definition) is 3. The molecule has 0 aliphatic rings. The SMILES string of the molecule is Cc1ccc(Sc2ncc[nH]2)c(/C(N)=N/O)c1. The van der Waals surface area contributed by atoms with Gasteiger partial charge in [-0.15, -0.1) is 0 Å². The van der Waals surface area contributed by atoms with E-state index in [0.717, 1.165) is 15.6 Å². The van der Waals surface area contributed by atoms with Gasteiger partial charge in [-0.25, -0.2) is 4.98 Å². The van der Waals surface area contributed by atoms with Gasteiger partial charge in [0.2, 0.25) is 0 Å². The highest BCUT2D eigenvalue weighted by Gasteiger charge is 2.09. The Labute approximate surface area is 103 Å². The molecule has 88 valence electrons. The first-order chi connectivity index (χ1) is 8.20. The average molecular weight is 248 g/mol. The minimum Gasteiger partial charge on any atom is -0.409 e. The summed E-state index contributed by atoms with van der Waals surface area (Å²) in [4.78, 5) is 8.01. The fourth-order valence-electron chi connectivity index (χ4n) is 1.40.